The molecule has 0 aliphatic heterocycles. The largest absolute Gasteiger partial charge is 0.329 e. The summed E-state index contributed by atoms with van der Waals surface area (Å²) < 4.78 is 0. The first kappa shape index (κ1) is 12.5. The Bertz CT molecular complexity index is 231. The van der Waals surface area contributed by atoms with E-state index in [0.717, 1.165) is 25.4 Å². The van der Waals surface area contributed by atoms with Crippen molar-refractivity contribution in [1.29, 1.82) is 0 Å². The van der Waals surface area contributed by atoms with Gasteiger partial charge in [-0.3, -0.25) is 0 Å². The average Bonchev–Trinajstić information content (AvgIpc) is 2.25. The molecule has 1 saturated carbocycles. The summed E-state index contributed by atoms with van der Waals surface area (Å²) in [5, 5.41) is 3.60. The highest BCUT2D eigenvalue weighted by atomic mass is 15.0. The van der Waals surface area contributed by atoms with Crippen LogP contribution in [-0.4, -0.2) is 18.6 Å². The van der Waals surface area contributed by atoms with Gasteiger partial charge >= 0.3 is 0 Å². The van der Waals surface area contributed by atoms with Crippen LogP contribution in [0.5, 0.6) is 0 Å². The van der Waals surface area contributed by atoms with Gasteiger partial charge in [-0.15, -0.1) is 12.3 Å². The highest BCUT2D eigenvalue weighted by Crippen LogP contribution is 2.36. The summed E-state index contributed by atoms with van der Waals surface area (Å²) in [6.45, 7) is 6.27. The summed E-state index contributed by atoms with van der Waals surface area (Å²) >= 11 is 0. The molecule has 0 aromatic carbocycles. The first-order valence-corrected chi connectivity index (χ1v) is 6.05. The third kappa shape index (κ3) is 2.74. The quantitative estimate of drug-likeness (QED) is 0.546. The van der Waals surface area contributed by atoms with Gasteiger partial charge in [0.2, 0.25) is 0 Å². The molecule has 1 aliphatic carbocycles. The van der Waals surface area contributed by atoms with Crippen molar-refractivity contribution >= 4 is 0 Å². The Hall–Kier alpha value is -0.520. The molecule has 0 saturated heterocycles. The SMILES string of the molecule is C#CCCNC1(CN)CCCC(C)C1C. The molecule has 1 rings (SSSR count). The van der Waals surface area contributed by atoms with E-state index in [0.29, 0.717) is 5.92 Å². The van der Waals surface area contributed by atoms with E-state index >= 15 is 0 Å². The van der Waals surface area contributed by atoms with Gasteiger partial charge in [0.15, 0.2) is 0 Å². The molecule has 0 heterocycles. The lowest BCUT2D eigenvalue weighted by molar-refractivity contribution is 0.113. The molecule has 0 aromatic heterocycles. The molecule has 2 heteroatoms. The van der Waals surface area contributed by atoms with Gasteiger partial charge in [-0.1, -0.05) is 26.7 Å². The van der Waals surface area contributed by atoms with E-state index in [-0.39, 0.29) is 5.54 Å². The Kier molecular flexibility index (Phi) is 4.63. The molecule has 1 fully saturated rings. The predicted octanol–water partition coefficient (Wildman–Crippen LogP) is 1.75. The summed E-state index contributed by atoms with van der Waals surface area (Å²) in [4.78, 5) is 0. The highest BCUT2D eigenvalue weighted by molar-refractivity contribution is 4.99. The second-order valence-electron chi connectivity index (χ2n) is 4.90. The van der Waals surface area contributed by atoms with E-state index in [4.69, 9.17) is 12.2 Å². The van der Waals surface area contributed by atoms with Crippen LogP contribution in [0.4, 0.5) is 0 Å². The van der Waals surface area contributed by atoms with Crippen molar-refractivity contribution in [3.8, 4) is 12.3 Å². The number of rotatable bonds is 4. The normalized spacial score (nSPS) is 36.1. The fourth-order valence-electron chi connectivity index (χ4n) is 2.75. The zero-order valence-corrected chi connectivity index (χ0v) is 10.1. The van der Waals surface area contributed by atoms with E-state index in [2.05, 4.69) is 25.1 Å². The Morgan fingerprint density at radius 2 is 2.27 bits per heavy atom. The summed E-state index contributed by atoms with van der Waals surface area (Å²) in [5.74, 6) is 4.08. The lowest BCUT2D eigenvalue weighted by atomic mass is 9.68. The maximum absolute atomic E-state index is 5.96. The van der Waals surface area contributed by atoms with Crippen LogP contribution in [0.15, 0.2) is 0 Å². The third-order valence-corrected chi connectivity index (χ3v) is 4.12. The minimum atomic E-state index is 0.133. The first-order valence-electron chi connectivity index (χ1n) is 6.05. The molecule has 3 unspecified atom stereocenters. The molecule has 3 N–H and O–H groups in total. The second-order valence-corrected chi connectivity index (χ2v) is 4.90. The van der Waals surface area contributed by atoms with Crippen molar-refractivity contribution in [2.75, 3.05) is 13.1 Å². The van der Waals surface area contributed by atoms with Crippen molar-refractivity contribution in [3.63, 3.8) is 0 Å². The van der Waals surface area contributed by atoms with E-state index < -0.39 is 0 Å². The van der Waals surface area contributed by atoms with Crippen LogP contribution in [0.3, 0.4) is 0 Å². The molecule has 0 amide bonds. The molecule has 15 heavy (non-hydrogen) atoms. The first-order chi connectivity index (χ1) is 7.16. The van der Waals surface area contributed by atoms with Crippen LogP contribution in [0, 0.1) is 24.2 Å². The van der Waals surface area contributed by atoms with E-state index in [1.54, 1.807) is 0 Å². The summed E-state index contributed by atoms with van der Waals surface area (Å²) in [5.41, 5.74) is 6.09. The zero-order valence-electron chi connectivity index (χ0n) is 10.1. The van der Waals surface area contributed by atoms with E-state index in [9.17, 15) is 0 Å². The van der Waals surface area contributed by atoms with Crippen molar-refractivity contribution < 1.29 is 0 Å². The van der Waals surface area contributed by atoms with Crippen LogP contribution in [0.2, 0.25) is 0 Å². The van der Waals surface area contributed by atoms with Crippen molar-refractivity contribution in [2.24, 2.45) is 17.6 Å². The standard InChI is InChI=1S/C13H24N2/c1-4-5-9-15-13(10-14)8-6-7-11(2)12(13)3/h1,11-12,15H,5-10,14H2,2-3H3. The molecule has 1 aliphatic rings. The van der Waals surface area contributed by atoms with Crippen LogP contribution in [-0.2, 0) is 0 Å². The molecule has 0 radical (unpaired) electrons. The van der Waals surface area contributed by atoms with Gasteiger partial charge in [-0.2, -0.15) is 0 Å². The van der Waals surface area contributed by atoms with Crippen molar-refractivity contribution in [3.05, 3.63) is 0 Å². The molecule has 0 bridgehead atoms. The summed E-state index contributed by atoms with van der Waals surface area (Å²) in [7, 11) is 0. The van der Waals surface area contributed by atoms with Gasteiger partial charge in [0.25, 0.3) is 0 Å². The van der Waals surface area contributed by atoms with Gasteiger partial charge < -0.3 is 11.1 Å². The second kappa shape index (κ2) is 5.53. The molecule has 0 aromatic rings. The predicted molar refractivity (Wildman–Crippen MR) is 65.4 cm³/mol. The van der Waals surface area contributed by atoms with Gasteiger partial charge in [-0.05, 0) is 18.3 Å². The molecule has 0 spiro atoms. The minimum absolute atomic E-state index is 0.133. The molecule has 3 atom stereocenters. The number of nitrogens with two attached hydrogens (primary N) is 1. The minimum Gasteiger partial charge on any atom is -0.329 e. The van der Waals surface area contributed by atoms with E-state index in [1.807, 2.05) is 0 Å². The highest BCUT2D eigenvalue weighted by Gasteiger charge is 2.39. The zero-order chi connectivity index (χ0) is 11.3. The monoisotopic (exact) mass is 208 g/mol. The Balaban J connectivity index is 2.61. The Labute approximate surface area is 94.0 Å². The number of hydrogen-bond donors (Lipinski definition) is 2. The molecule has 2 nitrogen and oxygen atoms in total. The van der Waals surface area contributed by atoms with Crippen LogP contribution in [0.25, 0.3) is 0 Å². The number of nitrogens with one attached hydrogen (secondary N) is 1. The van der Waals surface area contributed by atoms with Gasteiger partial charge in [0.05, 0.1) is 0 Å². The van der Waals surface area contributed by atoms with E-state index in [1.165, 1.54) is 19.3 Å². The van der Waals surface area contributed by atoms with Crippen LogP contribution < -0.4 is 11.1 Å². The third-order valence-electron chi connectivity index (χ3n) is 4.12. The maximum Gasteiger partial charge on any atom is 0.0332 e. The summed E-state index contributed by atoms with van der Waals surface area (Å²) in [6.07, 6.45) is 9.87. The molecular weight excluding hydrogens is 184 g/mol. The van der Waals surface area contributed by atoms with Crippen LogP contribution >= 0.6 is 0 Å². The fraction of sp³-hybridized carbons (Fsp3) is 0.846. The van der Waals surface area contributed by atoms with Gasteiger partial charge in [0, 0.05) is 25.0 Å². The smallest absolute Gasteiger partial charge is 0.0332 e. The number of hydrogen-bond acceptors (Lipinski definition) is 2. The lowest BCUT2D eigenvalue weighted by Gasteiger charge is -2.46. The van der Waals surface area contributed by atoms with Crippen molar-refractivity contribution in [1.82, 2.24) is 5.32 Å². The molecular formula is C13H24N2. The fourth-order valence-corrected chi connectivity index (χ4v) is 2.75. The Morgan fingerprint density at radius 3 is 2.87 bits per heavy atom. The molecule has 86 valence electrons. The van der Waals surface area contributed by atoms with Crippen molar-refractivity contribution in [2.45, 2.75) is 45.1 Å². The maximum atomic E-state index is 5.96. The Morgan fingerprint density at radius 1 is 1.53 bits per heavy atom. The van der Waals surface area contributed by atoms with Crippen LogP contribution in [0.1, 0.15) is 39.5 Å². The summed E-state index contributed by atoms with van der Waals surface area (Å²) in [6, 6.07) is 0. The number of terminal acetylenes is 1. The average molecular weight is 208 g/mol. The topological polar surface area (TPSA) is 38.0 Å². The van der Waals surface area contributed by atoms with Gasteiger partial charge in [-0.25, -0.2) is 0 Å². The lowest BCUT2D eigenvalue weighted by Crippen LogP contribution is -2.59. The van der Waals surface area contributed by atoms with Gasteiger partial charge in [0.1, 0.15) is 0 Å².